The van der Waals surface area contributed by atoms with E-state index in [4.69, 9.17) is 18.9 Å². The van der Waals surface area contributed by atoms with Gasteiger partial charge in [-0.2, -0.15) is 0 Å². The Balaban J connectivity index is 1.74. The van der Waals surface area contributed by atoms with Crippen LogP contribution in [0.15, 0.2) is 18.2 Å². The number of ketones is 1. The smallest absolute Gasteiger partial charge is 0.323 e. The van der Waals surface area contributed by atoms with Crippen LogP contribution in [0.2, 0.25) is 0 Å². The highest BCUT2D eigenvalue weighted by atomic mass is 16.5. The minimum atomic E-state index is -0.507. The number of carbonyl (C=O) groups excluding carboxylic acids is 2. The number of rotatable bonds is 11. The van der Waals surface area contributed by atoms with Crippen LogP contribution in [0, 0.1) is 23.7 Å². The Morgan fingerprint density at radius 3 is 2.51 bits per heavy atom. The van der Waals surface area contributed by atoms with Crippen molar-refractivity contribution >= 4 is 11.8 Å². The maximum Gasteiger partial charge on any atom is 0.323 e. The summed E-state index contributed by atoms with van der Waals surface area (Å²) in [6.07, 6.45) is 4.31. The molecule has 7 nitrogen and oxygen atoms in total. The molecule has 0 bridgehead atoms. The summed E-state index contributed by atoms with van der Waals surface area (Å²) in [6, 6.07) is 4.89. The SMILES string of the molecule is COCCCOc1cc([C@H]2N[C@@H](C(=O)O[C@@H]3C[C@H](C)CC[C@H]3C(C)C)C[C@H]2C(C)=O)ccc1OC. The van der Waals surface area contributed by atoms with Gasteiger partial charge >= 0.3 is 5.97 Å². The van der Waals surface area contributed by atoms with E-state index >= 15 is 0 Å². The summed E-state index contributed by atoms with van der Waals surface area (Å²) in [7, 11) is 3.26. The standard InChI is InChI=1S/C28H43NO6/c1-17(2)21-10-8-18(3)14-25(21)35-28(31)23-16-22(19(4)30)27(29-23)20-9-11-24(33-6)26(15-20)34-13-7-12-32-5/h9,11,15,17-18,21-23,25,27,29H,7-8,10,12-14,16H2,1-6H3/t18-,21+,22+,23-,25-,27-/m1/s1. The zero-order valence-electron chi connectivity index (χ0n) is 22.2. The second kappa shape index (κ2) is 12.7. The van der Waals surface area contributed by atoms with E-state index < -0.39 is 6.04 Å². The number of hydrogen-bond donors (Lipinski definition) is 1. The lowest BCUT2D eigenvalue weighted by Crippen LogP contribution is -2.41. The van der Waals surface area contributed by atoms with E-state index in [0.29, 0.717) is 48.9 Å². The van der Waals surface area contributed by atoms with Gasteiger partial charge in [0, 0.05) is 32.1 Å². The summed E-state index contributed by atoms with van der Waals surface area (Å²) in [5.41, 5.74) is 0.898. The highest BCUT2D eigenvalue weighted by Crippen LogP contribution is 2.39. The van der Waals surface area contributed by atoms with Crippen molar-refractivity contribution in [2.75, 3.05) is 27.4 Å². The lowest BCUT2D eigenvalue weighted by atomic mass is 9.75. The molecule has 196 valence electrons. The van der Waals surface area contributed by atoms with E-state index in [-0.39, 0.29) is 29.8 Å². The Morgan fingerprint density at radius 1 is 1.09 bits per heavy atom. The molecule has 0 radical (unpaired) electrons. The van der Waals surface area contributed by atoms with Crippen LogP contribution in [-0.2, 0) is 19.1 Å². The summed E-state index contributed by atoms with van der Waals surface area (Å²) >= 11 is 0. The highest BCUT2D eigenvalue weighted by Gasteiger charge is 2.43. The van der Waals surface area contributed by atoms with Gasteiger partial charge in [0.2, 0.25) is 0 Å². The number of hydrogen-bond acceptors (Lipinski definition) is 7. The fourth-order valence-electron chi connectivity index (χ4n) is 5.55. The van der Waals surface area contributed by atoms with Crippen LogP contribution in [0.25, 0.3) is 0 Å². The van der Waals surface area contributed by atoms with Crippen molar-refractivity contribution in [1.29, 1.82) is 0 Å². The van der Waals surface area contributed by atoms with Crippen molar-refractivity contribution < 1.29 is 28.5 Å². The third-order valence-electron chi connectivity index (χ3n) is 7.61. The maximum atomic E-state index is 13.3. The van der Waals surface area contributed by atoms with E-state index in [1.807, 2.05) is 18.2 Å². The predicted octanol–water partition coefficient (Wildman–Crippen LogP) is 4.72. The highest BCUT2D eigenvalue weighted by molar-refractivity contribution is 5.83. The van der Waals surface area contributed by atoms with Crippen molar-refractivity contribution in [1.82, 2.24) is 5.32 Å². The summed E-state index contributed by atoms with van der Waals surface area (Å²) < 4.78 is 22.6. The summed E-state index contributed by atoms with van der Waals surface area (Å²) in [5, 5.41) is 3.41. The van der Waals surface area contributed by atoms with Gasteiger partial charge in [-0.3, -0.25) is 14.9 Å². The van der Waals surface area contributed by atoms with Gasteiger partial charge in [-0.25, -0.2) is 0 Å². The van der Waals surface area contributed by atoms with Crippen LogP contribution in [0.3, 0.4) is 0 Å². The number of methoxy groups -OCH3 is 2. The molecule has 2 aliphatic rings. The van der Waals surface area contributed by atoms with Gasteiger partial charge in [0.05, 0.1) is 13.7 Å². The Morgan fingerprint density at radius 2 is 1.86 bits per heavy atom. The topological polar surface area (TPSA) is 83.1 Å². The van der Waals surface area contributed by atoms with Gasteiger partial charge < -0.3 is 18.9 Å². The summed E-state index contributed by atoms with van der Waals surface area (Å²) in [4.78, 5) is 25.8. The van der Waals surface area contributed by atoms with E-state index in [9.17, 15) is 9.59 Å². The monoisotopic (exact) mass is 489 g/mol. The molecule has 1 aromatic rings. The molecule has 1 heterocycles. The lowest BCUT2D eigenvalue weighted by Gasteiger charge is -2.37. The Hall–Kier alpha value is -2.12. The minimum absolute atomic E-state index is 0.0579. The average Bonchev–Trinajstić information content (AvgIpc) is 3.28. The number of benzene rings is 1. The van der Waals surface area contributed by atoms with Crippen molar-refractivity contribution in [2.24, 2.45) is 23.7 Å². The molecule has 1 aliphatic heterocycles. The van der Waals surface area contributed by atoms with Gasteiger partial charge in [0.15, 0.2) is 11.5 Å². The first-order valence-electron chi connectivity index (χ1n) is 13.0. The van der Waals surface area contributed by atoms with Crippen LogP contribution in [0.4, 0.5) is 0 Å². The zero-order valence-corrected chi connectivity index (χ0v) is 22.2. The van der Waals surface area contributed by atoms with Crippen LogP contribution in [0.5, 0.6) is 11.5 Å². The number of Topliss-reactive ketones (excluding diaryl/α,β-unsaturated/α-hetero) is 1. The molecular weight excluding hydrogens is 446 g/mol. The first kappa shape index (κ1) is 27.5. The Bertz CT molecular complexity index is 856. The van der Waals surface area contributed by atoms with Gasteiger partial charge in [0.25, 0.3) is 0 Å². The molecule has 0 amide bonds. The summed E-state index contributed by atoms with van der Waals surface area (Å²) in [5.74, 6) is 2.16. The molecule has 1 aliphatic carbocycles. The molecule has 35 heavy (non-hydrogen) atoms. The zero-order chi connectivity index (χ0) is 25.5. The fraction of sp³-hybridized carbons (Fsp3) is 0.714. The second-order valence-electron chi connectivity index (χ2n) is 10.6. The van der Waals surface area contributed by atoms with Gasteiger partial charge in [-0.1, -0.05) is 33.3 Å². The van der Waals surface area contributed by atoms with Crippen LogP contribution >= 0.6 is 0 Å². The molecular formula is C28H43NO6. The lowest BCUT2D eigenvalue weighted by molar-refractivity contribution is -0.158. The number of carbonyl (C=O) groups is 2. The molecule has 2 fully saturated rings. The van der Waals surface area contributed by atoms with E-state index in [2.05, 4.69) is 26.1 Å². The Kier molecular flexibility index (Phi) is 9.99. The largest absolute Gasteiger partial charge is 0.493 e. The molecule has 1 saturated heterocycles. The van der Waals surface area contributed by atoms with E-state index in [1.165, 1.54) is 6.42 Å². The number of ether oxygens (including phenoxy) is 4. The first-order valence-corrected chi connectivity index (χ1v) is 13.0. The number of nitrogens with one attached hydrogen (secondary N) is 1. The molecule has 1 saturated carbocycles. The van der Waals surface area contributed by atoms with Crippen molar-refractivity contribution in [3.63, 3.8) is 0 Å². The summed E-state index contributed by atoms with van der Waals surface area (Å²) in [6.45, 7) is 9.33. The van der Waals surface area contributed by atoms with Crippen LogP contribution in [-0.4, -0.2) is 51.3 Å². The third-order valence-corrected chi connectivity index (χ3v) is 7.61. The second-order valence-corrected chi connectivity index (χ2v) is 10.6. The van der Waals surface area contributed by atoms with Gasteiger partial charge in [-0.05, 0) is 61.6 Å². The molecule has 6 atom stereocenters. The van der Waals surface area contributed by atoms with Gasteiger partial charge in [-0.15, -0.1) is 0 Å². The molecule has 0 aromatic heterocycles. The van der Waals surface area contributed by atoms with Crippen LogP contribution < -0.4 is 14.8 Å². The molecule has 0 spiro atoms. The molecule has 3 rings (SSSR count). The van der Waals surface area contributed by atoms with E-state index in [0.717, 1.165) is 24.8 Å². The van der Waals surface area contributed by atoms with E-state index in [1.54, 1.807) is 21.1 Å². The first-order chi connectivity index (χ1) is 16.7. The fourth-order valence-corrected chi connectivity index (χ4v) is 5.55. The number of esters is 1. The maximum absolute atomic E-state index is 13.3. The third kappa shape index (κ3) is 6.98. The van der Waals surface area contributed by atoms with Crippen molar-refractivity contribution in [2.45, 2.75) is 78.0 Å². The normalized spacial score (nSPS) is 28.7. The average molecular weight is 490 g/mol. The van der Waals surface area contributed by atoms with Crippen molar-refractivity contribution in [3.05, 3.63) is 23.8 Å². The van der Waals surface area contributed by atoms with Crippen molar-refractivity contribution in [3.8, 4) is 11.5 Å². The molecule has 0 unspecified atom stereocenters. The predicted molar refractivity (Wildman–Crippen MR) is 135 cm³/mol. The molecule has 1 aromatic carbocycles. The molecule has 1 N–H and O–H groups in total. The minimum Gasteiger partial charge on any atom is -0.493 e. The molecule has 7 heteroatoms. The van der Waals surface area contributed by atoms with Crippen LogP contribution in [0.1, 0.15) is 71.4 Å². The Labute approximate surface area is 210 Å². The quantitative estimate of drug-likeness (QED) is 0.356. The van der Waals surface area contributed by atoms with Gasteiger partial charge in [0.1, 0.15) is 17.9 Å².